The van der Waals surface area contributed by atoms with E-state index in [4.69, 9.17) is 9.47 Å². The largest absolute Gasteiger partial charge is 0.437 e. The van der Waals surface area contributed by atoms with Gasteiger partial charge in [-0.15, -0.1) is 0 Å². The lowest BCUT2D eigenvalue weighted by molar-refractivity contribution is -0.137. The Kier molecular flexibility index (Phi) is 7.73. The van der Waals surface area contributed by atoms with Gasteiger partial charge in [0.1, 0.15) is 11.4 Å². The summed E-state index contributed by atoms with van der Waals surface area (Å²) in [6.45, 7) is 8.49. The molecule has 0 aliphatic rings. The fraction of sp³-hybridized carbons (Fsp3) is 0.250. The molecule has 3 aromatic carbocycles. The molecule has 0 amide bonds. The summed E-state index contributed by atoms with van der Waals surface area (Å²) < 4.78 is 50.6. The molecule has 2 N–H and O–H groups in total. The maximum Gasteiger partial charge on any atom is 0.416 e. The summed E-state index contributed by atoms with van der Waals surface area (Å²) in [5.74, 6) is 1.69. The number of para-hydroxylation sites is 1. The molecule has 41 heavy (non-hydrogen) atoms. The van der Waals surface area contributed by atoms with Crippen molar-refractivity contribution in [2.45, 2.75) is 52.0 Å². The normalized spacial score (nSPS) is 12.9. The molecule has 0 aliphatic carbocycles. The molecule has 0 bridgehead atoms. The second-order valence-corrected chi connectivity index (χ2v) is 10.8. The van der Waals surface area contributed by atoms with Crippen LogP contribution in [0.15, 0.2) is 85.1 Å². The Morgan fingerprint density at radius 1 is 0.927 bits per heavy atom. The Morgan fingerprint density at radius 3 is 2.41 bits per heavy atom. The number of hydrogen-bond donors (Lipinski definition) is 2. The Bertz CT molecular complexity index is 1640. The van der Waals surface area contributed by atoms with Crippen LogP contribution in [0.25, 0.3) is 11.0 Å². The summed E-state index contributed by atoms with van der Waals surface area (Å²) in [5.41, 5.74) is 4.08. The third kappa shape index (κ3) is 6.69. The van der Waals surface area contributed by atoms with Crippen LogP contribution in [0.3, 0.4) is 0 Å². The minimum absolute atomic E-state index is 0.103. The molecule has 9 heteroatoms. The number of ether oxygens (including phenoxy) is 2. The summed E-state index contributed by atoms with van der Waals surface area (Å²) >= 11 is 0. The highest BCUT2D eigenvalue weighted by molar-refractivity contribution is 5.79. The lowest BCUT2D eigenvalue weighted by Gasteiger charge is -2.22. The van der Waals surface area contributed by atoms with Gasteiger partial charge in [0.15, 0.2) is 0 Å². The molecule has 212 valence electrons. The number of hydrogen-bond acceptors (Lipinski definition) is 5. The summed E-state index contributed by atoms with van der Waals surface area (Å²) in [4.78, 5) is 12.4. The zero-order chi connectivity index (χ0) is 29.2. The summed E-state index contributed by atoms with van der Waals surface area (Å²) in [5, 5.41) is 3.29. The summed E-state index contributed by atoms with van der Waals surface area (Å²) in [7, 11) is 0. The smallest absolute Gasteiger partial charge is 0.416 e. The third-order valence-corrected chi connectivity index (χ3v) is 6.68. The maximum atomic E-state index is 12.8. The van der Waals surface area contributed by atoms with Gasteiger partial charge in [0, 0.05) is 11.8 Å². The molecule has 0 saturated carbocycles. The Morgan fingerprint density at radius 2 is 1.68 bits per heavy atom. The maximum absolute atomic E-state index is 12.8. The standard InChI is InChI=1S/C32H31F3N4O2/c1-20(40-19-21-11-14-23(15-12-21)32(33,34)35)22-13-16-25-27(18-22)39-30(37-25)38-26-9-7-17-36-29(26)41-28-10-6-5-8-24(28)31(2,3)4/h5-18,20H,19H2,1-4H3,(H2,37,38,39). The molecule has 2 heterocycles. The minimum atomic E-state index is -4.36. The fourth-order valence-corrected chi connectivity index (χ4v) is 4.42. The quantitative estimate of drug-likeness (QED) is 0.198. The van der Waals surface area contributed by atoms with E-state index in [9.17, 15) is 13.2 Å². The van der Waals surface area contributed by atoms with Crippen molar-refractivity contribution < 1.29 is 22.6 Å². The Labute approximate surface area is 236 Å². The first-order valence-corrected chi connectivity index (χ1v) is 13.2. The van der Waals surface area contributed by atoms with Crippen LogP contribution >= 0.6 is 0 Å². The van der Waals surface area contributed by atoms with Gasteiger partial charge >= 0.3 is 6.18 Å². The van der Waals surface area contributed by atoms with Gasteiger partial charge in [0.05, 0.1) is 29.3 Å². The molecule has 6 nitrogen and oxygen atoms in total. The van der Waals surface area contributed by atoms with E-state index in [0.717, 1.165) is 40.0 Å². The van der Waals surface area contributed by atoms with Crippen LogP contribution in [0.1, 0.15) is 56.1 Å². The van der Waals surface area contributed by atoms with Crippen LogP contribution in [-0.2, 0) is 22.9 Å². The van der Waals surface area contributed by atoms with E-state index in [1.807, 2.05) is 55.5 Å². The predicted octanol–water partition coefficient (Wildman–Crippen LogP) is 9.09. The van der Waals surface area contributed by atoms with Crippen LogP contribution in [-0.4, -0.2) is 15.0 Å². The van der Waals surface area contributed by atoms with E-state index in [1.54, 1.807) is 6.20 Å². The monoisotopic (exact) mass is 560 g/mol. The molecule has 5 rings (SSSR count). The Balaban J connectivity index is 1.29. The minimum Gasteiger partial charge on any atom is -0.437 e. The summed E-state index contributed by atoms with van der Waals surface area (Å²) in [6.07, 6.45) is -2.97. The SMILES string of the molecule is CC(OCc1ccc(C(F)(F)F)cc1)c1ccc2nc(Nc3cccnc3Oc3ccccc3C(C)(C)C)[nH]c2c1. The van der Waals surface area contributed by atoms with E-state index in [2.05, 4.69) is 47.1 Å². The van der Waals surface area contributed by atoms with Gasteiger partial charge in [0.25, 0.3) is 0 Å². The lowest BCUT2D eigenvalue weighted by atomic mass is 9.86. The van der Waals surface area contributed by atoms with Gasteiger partial charge < -0.3 is 19.8 Å². The van der Waals surface area contributed by atoms with Crippen molar-refractivity contribution in [2.24, 2.45) is 0 Å². The topological polar surface area (TPSA) is 72.1 Å². The van der Waals surface area contributed by atoms with E-state index in [1.165, 1.54) is 12.1 Å². The van der Waals surface area contributed by atoms with Crippen molar-refractivity contribution in [3.8, 4) is 11.6 Å². The van der Waals surface area contributed by atoms with Crippen molar-refractivity contribution >= 4 is 22.7 Å². The molecule has 0 spiro atoms. The average Bonchev–Trinajstić information content (AvgIpc) is 3.34. The number of rotatable bonds is 8. The molecule has 0 saturated heterocycles. The molecule has 2 aromatic heterocycles. The Hall–Kier alpha value is -4.37. The van der Waals surface area contributed by atoms with Crippen molar-refractivity contribution in [3.05, 3.63) is 107 Å². The second-order valence-electron chi connectivity index (χ2n) is 10.8. The molecular weight excluding hydrogens is 529 g/mol. The lowest BCUT2D eigenvalue weighted by Crippen LogP contribution is -2.12. The highest BCUT2D eigenvalue weighted by Crippen LogP contribution is 2.36. The molecule has 0 fully saturated rings. The number of imidazole rings is 1. The van der Waals surface area contributed by atoms with Crippen LogP contribution in [0.5, 0.6) is 11.6 Å². The average molecular weight is 561 g/mol. The number of fused-ring (bicyclic) bond motifs is 1. The zero-order valence-corrected chi connectivity index (χ0v) is 23.2. The van der Waals surface area contributed by atoms with Crippen molar-refractivity contribution in [2.75, 3.05) is 5.32 Å². The van der Waals surface area contributed by atoms with Crippen LogP contribution < -0.4 is 10.1 Å². The van der Waals surface area contributed by atoms with Crippen molar-refractivity contribution in [3.63, 3.8) is 0 Å². The molecule has 0 aliphatic heterocycles. The van der Waals surface area contributed by atoms with Crippen LogP contribution in [0.2, 0.25) is 0 Å². The summed E-state index contributed by atoms with van der Waals surface area (Å²) in [6, 6.07) is 22.4. The molecule has 5 aromatic rings. The van der Waals surface area contributed by atoms with E-state index >= 15 is 0 Å². The number of nitrogens with zero attached hydrogens (tertiary/aromatic N) is 2. The molecule has 1 atom stereocenters. The first-order chi connectivity index (χ1) is 19.5. The van der Waals surface area contributed by atoms with Gasteiger partial charge in [-0.1, -0.05) is 57.2 Å². The van der Waals surface area contributed by atoms with Gasteiger partial charge in [-0.25, -0.2) is 9.97 Å². The van der Waals surface area contributed by atoms with Crippen LogP contribution in [0, 0.1) is 0 Å². The number of benzene rings is 3. The first-order valence-electron chi connectivity index (χ1n) is 13.2. The predicted molar refractivity (Wildman–Crippen MR) is 153 cm³/mol. The van der Waals surface area contributed by atoms with Gasteiger partial charge in [0.2, 0.25) is 11.8 Å². The van der Waals surface area contributed by atoms with Gasteiger partial charge in [-0.2, -0.15) is 13.2 Å². The molecule has 1 unspecified atom stereocenters. The van der Waals surface area contributed by atoms with Gasteiger partial charge in [-0.05, 0) is 65.9 Å². The molecular formula is C32H31F3N4O2. The van der Waals surface area contributed by atoms with E-state index in [0.29, 0.717) is 23.1 Å². The third-order valence-electron chi connectivity index (χ3n) is 6.68. The number of halogens is 3. The number of H-pyrrole nitrogens is 1. The number of aromatic nitrogens is 3. The first kappa shape index (κ1) is 28.2. The number of nitrogens with one attached hydrogen (secondary N) is 2. The zero-order valence-electron chi connectivity index (χ0n) is 23.2. The van der Waals surface area contributed by atoms with Crippen LogP contribution in [0.4, 0.5) is 24.8 Å². The molecule has 0 radical (unpaired) electrons. The van der Waals surface area contributed by atoms with E-state index < -0.39 is 11.7 Å². The fourth-order valence-electron chi connectivity index (χ4n) is 4.42. The van der Waals surface area contributed by atoms with Crippen molar-refractivity contribution in [1.29, 1.82) is 0 Å². The van der Waals surface area contributed by atoms with Crippen molar-refractivity contribution in [1.82, 2.24) is 15.0 Å². The highest BCUT2D eigenvalue weighted by atomic mass is 19.4. The van der Waals surface area contributed by atoms with Gasteiger partial charge in [-0.3, -0.25) is 0 Å². The highest BCUT2D eigenvalue weighted by Gasteiger charge is 2.30. The number of alkyl halides is 3. The van der Waals surface area contributed by atoms with E-state index in [-0.39, 0.29) is 18.1 Å². The number of anilines is 2. The second kappa shape index (κ2) is 11.2. The number of aromatic amines is 1. The number of pyridine rings is 1.